The van der Waals surface area contributed by atoms with Gasteiger partial charge in [0.2, 0.25) is 0 Å². The van der Waals surface area contributed by atoms with Gasteiger partial charge in [0.15, 0.2) is 0 Å². The summed E-state index contributed by atoms with van der Waals surface area (Å²) in [4.78, 5) is 16.6. The molecule has 2 amide bonds. The Morgan fingerprint density at radius 3 is 2.91 bits per heavy atom. The van der Waals surface area contributed by atoms with Gasteiger partial charge in [0, 0.05) is 29.9 Å². The lowest BCUT2D eigenvalue weighted by atomic mass is 9.85. The number of hydrogen-bond donors (Lipinski definition) is 3. The van der Waals surface area contributed by atoms with Crippen molar-refractivity contribution in [3.8, 4) is 0 Å². The van der Waals surface area contributed by atoms with Crippen molar-refractivity contribution in [1.29, 1.82) is 0 Å². The zero-order valence-corrected chi connectivity index (χ0v) is 14.0. The predicted octanol–water partition coefficient (Wildman–Crippen LogP) is 2.47. The second-order valence-electron chi connectivity index (χ2n) is 6.86. The number of aromatic nitrogens is 1. The molecule has 2 fully saturated rings. The number of carbonyl (C=O) groups excluding carboxylic acids is 1. The van der Waals surface area contributed by atoms with Crippen LogP contribution in [0.25, 0.3) is 0 Å². The molecule has 4 atom stereocenters. The molecule has 3 rings (SSSR count). The molecular weight excluding hydrogens is 298 g/mol. The summed E-state index contributed by atoms with van der Waals surface area (Å²) < 4.78 is 0. The molecule has 3 N–H and O–H groups in total. The molecular formula is C16H25N3O2S. The largest absolute Gasteiger partial charge is 0.396 e. The van der Waals surface area contributed by atoms with Crippen LogP contribution in [0, 0.1) is 17.8 Å². The zero-order chi connectivity index (χ0) is 15.7. The minimum atomic E-state index is -0.143. The molecule has 0 saturated heterocycles. The molecule has 1 aromatic rings. The van der Waals surface area contributed by atoms with E-state index >= 15 is 0 Å². The molecule has 6 heteroatoms. The molecule has 122 valence electrons. The Bertz CT molecular complexity index is 531. The fourth-order valence-electron chi connectivity index (χ4n) is 3.94. The third kappa shape index (κ3) is 3.13. The molecule has 2 bridgehead atoms. The second-order valence-corrected chi connectivity index (χ2v) is 7.75. The summed E-state index contributed by atoms with van der Waals surface area (Å²) in [7, 11) is 0. The van der Waals surface area contributed by atoms with Crippen molar-refractivity contribution < 1.29 is 9.90 Å². The summed E-state index contributed by atoms with van der Waals surface area (Å²) >= 11 is 1.64. The van der Waals surface area contributed by atoms with E-state index in [1.807, 2.05) is 5.38 Å². The SMILES string of the molecule is CC(C)c1nc(CNC(=O)NC2C3CCC(C3)C2CO)cs1. The molecule has 2 aliphatic rings. The van der Waals surface area contributed by atoms with Gasteiger partial charge in [0.25, 0.3) is 0 Å². The topological polar surface area (TPSA) is 74.2 Å². The summed E-state index contributed by atoms with van der Waals surface area (Å²) in [5, 5.41) is 18.6. The van der Waals surface area contributed by atoms with Gasteiger partial charge in [-0.2, -0.15) is 0 Å². The number of nitrogens with zero attached hydrogens (tertiary/aromatic N) is 1. The van der Waals surface area contributed by atoms with Crippen molar-refractivity contribution in [3.63, 3.8) is 0 Å². The maximum Gasteiger partial charge on any atom is 0.315 e. The summed E-state index contributed by atoms with van der Waals surface area (Å²) in [5.41, 5.74) is 0.913. The first-order valence-corrected chi connectivity index (χ1v) is 9.06. The van der Waals surface area contributed by atoms with E-state index in [2.05, 4.69) is 29.5 Å². The van der Waals surface area contributed by atoms with E-state index in [-0.39, 0.29) is 24.6 Å². The molecule has 22 heavy (non-hydrogen) atoms. The first-order valence-electron chi connectivity index (χ1n) is 8.18. The van der Waals surface area contributed by atoms with Crippen LogP contribution in [0.15, 0.2) is 5.38 Å². The minimum absolute atomic E-state index is 0.130. The number of rotatable bonds is 5. The van der Waals surface area contributed by atoms with E-state index in [0.29, 0.717) is 24.3 Å². The Hall–Kier alpha value is -1.14. The van der Waals surface area contributed by atoms with Gasteiger partial charge in [-0.3, -0.25) is 0 Å². The maximum atomic E-state index is 12.1. The van der Waals surface area contributed by atoms with Crippen LogP contribution in [0.2, 0.25) is 0 Å². The van der Waals surface area contributed by atoms with Crippen molar-refractivity contribution in [2.45, 2.75) is 51.6 Å². The number of thiazole rings is 1. The van der Waals surface area contributed by atoms with Crippen molar-refractivity contribution in [2.24, 2.45) is 17.8 Å². The Balaban J connectivity index is 1.50. The lowest BCUT2D eigenvalue weighted by Crippen LogP contribution is -2.48. The van der Waals surface area contributed by atoms with Crippen LogP contribution in [0.1, 0.15) is 49.7 Å². The van der Waals surface area contributed by atoms with Gasteiger partial charge in [-0.25, -0.2) is 9.78 Å². The molecule has 4 unspecified atom stereocenters. The Labute approximate surface area is 135 Å². The van der Waals surface area contributed by atoms with Crippen molar-refractivity contribution in [3.05, 3.63) is 16.1 Å². The Morgan fingerprint density at radius 1 is 1.45 bits per heavy atom. The predicted molar refractivity (Wildman–Crippen MR) is 86.8 cm³/mol. The van der Waals surface area contributed by atoms with Crippen LogP contribution in [-0.2, 0) is 6.54 Å². The zero-order valence-electron chi connectivity index (χ0n) is 13.2. The summed E-state index contributed by atoms with van der Waals surface area (Å²) in [5.74, 6) is 1.79. The average Bonchev–Trinajstić information content (AvgIpc) is 3.20. The minimum Gasteiger partial charge on any atom is -0.396 e. The number of nitrogens with one attached hydrogen (secondary N) is 2. The van der Waals surface area contributed by atoms with Crippen LogP contribution < -0.4 is 10.6 Å². The summed E-state index contributed by atoms with van der Waals surface area (Å²) in [6.45, 7) is 4.87. The Kier molecular flexibility index (Phi) is 4.68. The Morgan fingerprint density at radius 2 is 2.23 bits per heavy atom. The molecule has 5 nitrogen and oxygen atoms in total. The summed E-state index contributed by atoms with van der Waals surface area (Å²) in [6, 6.07) is -0.0134. The van der Waals surface area contributed by atoms with Gasteiger partial charge >= 0.3 is 6.03 Å². The number of hydrogen-bond acceptors (Lipinski definition) is 4. The highest BCUT2D eigenvalue weighted by Gasteiger charge is 2.47. The highest BCUT2D eigenvalue weighted by atomic mass is 32.1. The number of aliphatic hydroxyl groups excluding tert-OH is 1. The highest BCUT2D eigenvalue weighted by Crippen LogP contribution is 2.48. The van der Waals surface area contributed by atoms with Gasteiger partial charge in [0.1, 0.15) is 0 Å². The third-order valence-corrected chi connectivity index (χ3v) is 6.28. The lowest BCUT2D eigenvalue weighted by molar-refractivity contribution is 0.144. The first-order chi connectivity index (χ1) is 10.6. The first kappa shape index (κ1) is 15.7. The van der Waals surface area contributed by atoms with Crippen LogP contribution in [0.4, 0.5) is 4.79 Å². The molecule has 1 aromatic heterocycles. The third-order valence-electron chi connectivity index (χ3n) is 5.09. The van der Waals surface area contributed by atoms with Gasteiger partial charge in [0.05, 0.1) is 17.2 Å². The molecule has 0 aliphatic heterocycles. The van der Waals surface area contributed by atoms with Crippen LogP contribution in [0.3, 0.4) is 0 Å². The highest BCUT2D eigenvalue weighted by molar-refractivity contribution is 7.09. The molecule has 2 aliphatic carbocycles. The van der Waals surface area contributed by atoms with Gasteiger partial charge in [-0.1, -0.05) is 13.8 Å². The average molecular weight is 323 g/mol. The number of carbonyl (C=O) groups is 1. The fourth-order valence-corrected chi connectivity index (χ4v) is 4.78. The molecule has 0 aromatic carbocycles. The van der Waals surface area contributed by atoms with Gasteiger partial charge < -0.3 is 15.7 Å². The van der Waals surface area contributed by atoms with Gasteiger partial charge in [-0.05, 0) is 31.1 Å². The molecule has 0 radical (unpaired) electrons. The molecule has 1 heterocycles. The molecule has 2 saturated carbocycles. The van der Waals surface area contributed by atoms with E-state index in [4.69, 9.17) is 0 Å². The van der Waals surface area contributed by atoms with Crippen molar-refractivity contribution in [2.75, 3.05) is 6.61 Å². The van der Waals surface area contributed by atoms with E-state index in [1.165, 1.54) is 12.8 Å². The van der Waals surface area contributed by atoms with Crippen molar-refractivity contribution >= 4 is 17.4 Å². The monoisotopic (exact) mass is 323 g/mol. The lowest BCUT2D eigenvalue weighted by Gasteiger charge is -2.30. The van der Waals surface area contributed by atoms with Gasteiger partial charge in [-0.15, -0.1) is 11.3 Å². The van der Waals surface area contributed by atoms with E-state index in [1.54, 1.807) is 11.3 Å². The standard InChI is InChI=1S/C16H25N3O2S/c1-9(2)15-18-12(8-22-15)6-17-16(21)19-14-11-4-3-10(5-11)13(14)7-20/h8-11,13-14,20H,3-7H2,1-2H3,(H2,17,19,21). The number of fused-ring (bicyclic) bond motifs is 2. The number of aliphatic hydroxyl groups is 1. The fraction of sp³-hybridized carbons (Fsp3) is 0.750. The van der Waals surface area contributed by atoms with Crippen molar-refractivity contribution in [1.82, 2.24) is 15.6 Å². The maximum absolute atomic E-state index is 12.1. The normalized spacial score (nSPS) is 30.0. The molecule has 0 spiro atoms. The second kappa shape index (κ2) is 6.54. The van der Waals surface area contributed by atoms with E-state index < -0.39 is 0 Å². The van der Waals surface area contributed by atoms with E-state index in [9.17, 15) is 9.90 Å². The smallest absolute Gasteiger partial charge is 0.315 e. The number of amides is 2. The van der Waals surface area contributed by atoms with Crippen LogP contribution in [0.5, 0.6) is 0 Å². The van der Waals surface area contributed by atoms with Crippen LogP contribution in [-0.4, -0.2) is 28.8 Å². The van der Waals surface area contributed by atoms with E-state index in [0.717, 1.165) is 17.1 Å². The van der Waals surface area contributed by atoms with Crippen LogP contribution >= 0.6 is 11.3 Å². The summed E-state index contributed by atoms with van der Waals surface area (Å²) in [6.07, 6.45) is 3.53. The number of urea groups is 1. The quantitative estimate of drug-likeness (QED) is 0.779.